The van der Waals surface area contributed by atoms with Gasteiger partial charge in [0.15, 0.2) is 5.78 Å². The van der Waals surface area contributed by atoms with Crippen LogP contribution in [0.4, 0.5) is 0 Å². The standard InChI is InChI=1S/C30H25N2O2/c1-19(2)21-15-16-24-27(17-21)32(26-14-8-13-25(28(24)26)30(31)34)18-22-11-6-7-12-23(22)29(33)20-9-4-3-5-10-20/h3-15,17,19H,18H2,1-2H3,(H2,31,34). The van der Waals surface area contributed by atoms with E-state index in [1.54, 1.807) is 6.07 Å². The first-order valence-electron chi connectivity index (χ1n) is 11.4. The smallest absolute Gasteiger partial charge is 0.249 e. The molecule has 5 aromatic rings. The molecule has 4 aromatic carbocycles. The third-order valence-corrected chi connectivity index (χ3v) is 6.38. The van der Waals surface area contributed by atoms with E-state index in [1.165, 1.54) is 0 Å². The molecule has 0 atom stereocenters. The molecule has 0 aliphatic rings. The molecule has 2 N–H and O–H groups in total. The van der Waals surface area contributed by atoms with Crippen LogP contribution in [-0.2, 0) is 6.54 Å². The highest BCUT2D eigenvalue weighted by molar-refractivity contribution is 6.18. The number of aromatic nitrogens is 1. The largest absolute Gasteiger partial charge is 0.366 e. The lowest BCUT2D eigenvalue weighted by atomic mass is 9.98. The summed E-state index contributed by atoms with van der Waals surface area (Å²) in [5.74, 6) is -0.149. The number of nitrogens with zero attached hydrogens (tertiary/aromatic N) is 1. The van der Waals surface area contributed by atoms with E-state index in [9.17, 15) is 9.59 Å². The second-order valence-corrected chi connectivity index (χ2v) is 8.85. The zero-order chi connectivity index (χ0) is 23.8. The summed E-state index contributed by atoms with van der Waals surface area (Å²) in [6.45, 7) is 4.77. The zero-order valence-electron chi connectivity index (χ0n) is 19.2. The number of amides is 1. The maximum atomic E-state index is 13.3. The Labute approximate surface area is 198 Å². The maximum Gasteiger partial charge on any atom is 0.249 e. The number of benzene rings is 4. The number of rotatable bonds is 6. The van der Waals surface area contributed by atoms with E-state index in [4.69, 9.17) is 5.73 Å². The lowest BCUT2D eigenvalue weighted by Crippen LogP contribution is -2.11. The quantitative estimate of drug-likeness (QED) is 0.321. The maximum absolute atomic E-state index is 13.3. The lowest BCUT2D eigenvalue weighted by Gasteiger charge is -2.13. The molecule has 4 nitrogen and oxygen atoms in total. The van der Waals surface area contributed by atoms with Gasteiger partial charge in [-0.05, 0) is 41.3 Å². The first-order chi connectivity index (χ1) is 16.5. The fourth-order valence-electron chi connectivity index (χ4n) is 4.58. The zero-order valence-corrected chi connectivity index (χ0v) is 19.2. The van der Waals surface area contributed by atoms with E-state index < -0.39 is 5.91 Å². The first-order valence-corrected chi connectivity index (χ1v) is 11.4. The fraction of sp³-hybridized carbons (Fsp3) is 0.133. The Hall–Kier alpha value is -4.18. The van der Waals surface area contributed by atoms with Crippen LogP contribution in [0.2, 0.25) is 0 Å². The molecule has 5 rings (SSSR count). The summed E-state index contributed by atoms with van der Waals surface area (Å²) in [5, 5.41) is 1.66. The average Bonchev–Trinajstić information content (AvgIpc) is 3.17. The van der Waals surface area contributed by atoms with Crippen LogP contribution in [0, 0.1) is 6.07 Å². The molecule has 1 amide bonds. The Morgan fingerprint density at radius 1 is 0.882 bits per heavy atom. The van der Waals surface area contributed by atoms with E-state index in [2.05, 4.69) is 30.5 Å². The van der Waals surface area contributed by atoms with Crippen molar-refractivity contribution in [2.75, 3.05) is 0 Å². The van der Waals surface area contributed by atoms with Gasteiger partial charge in [-0.2, -0.15) is 0 Å². The number of hydrogen-bond donors (Lipinski definition) is 1. The van der Waals surface area contributed by atoms with Crippen molar-refractivity contribution in [3.05, 3.63) is 119 Å². The van der Waals surface area contributed by atoms with E-state index in [0.717, 1.165) is 32.9 Å². The normalized spacial score (nSPS) is 11.4. The third kappa shape index (κ3) is 3.67. The molecule has 0 saturated heterocycles. The molecule has 0 aliphatic heterocycles. The van der Waals surface area contributed by atoms with Gasteiger partial charge >= 0.3 is 0 Å². The number of carbonyl (C=O) groups excluding carboxylic acids is 2. The summed E-state index contributed by atoms with van der Waals surface area (Å²) >= 11 is 0. The average molecular weight is 446 g/mol. The van der Waals surface area contributed by atoms with Gasteiger partial charge in [0, 0.05) is 34.0 Å². The molecule has 0 aliphatic carbocycles. The number of carbonyl (C=O) groups is 2. The monoisotopic (exact) mass is 445 g/mol. The summed E-state index contributed by atoms with van der Waals surface area (Å²) in [5.41, 5.74) is 11.5. The fourth-order valence-corrected chi connectivity index (χ4v) is 4.58. The molecule has 1 aromatic heterocycles. The number of hydrogen-bond acceptors (Lipinski definition) is 2. The molecule has 0 spiro atoms. The Kier molecular flexibility index (Phi) is 5.50. The second-order valence-electron chi connectivity index (χ2n) is 8.85. The molecule has 1 heterocycles. The Morgan fingerprint density at radius 3 is 2.32 bits per heavy atom. The predicted octanol–water partition coefficient (Wildman–Crippen LogP) is 6.10. The Balaban J connectivity index is 1.74. The predicted molar refractivity (Wildman–Crippen MR) is 136 cm³/mol. The van der Waals surface area contributed by atoms with Gasteiger partial charge in [-0.15, -0.1) is 0 Å². The van der Waals surface area contributed by atoms with Gasteiger partial charge < -0.3 is 10.3 Å². The SMILES string of the molecule is CC(C)c1c[c]c2c3c(C(N)=O)cccc3n(Cc3ccccc3C(=O)c3ccccc3)c2c1. The molecular weight excluding hydrogens is 420 g/mol. The molecule has 0 bridgehead atoms. The van der Waals surface area contributed by atoms with Crippen molar-refractivity contribution in [3.8, 4) is 0 Å². The molecule has 1 radical (unpaired) electrons. The second kappa shape index (κ2) is 8.64. The van der Waals surface area contributed by atoms with Crippen molar-refractivity contribution in [3.63, 3.8) is 0 Å². The Morgan fingerprint density at radius 2 is 1.59 bits per heavy atom. The highest BCUT2D eigenvalue weighted by Gasteiger charge is 2.20. The Bertz CT molecular complexity index is 1540. The first kappa shape index (κ1) is 21.7. The van der Waals surface area contributed by atoms with Crippen molar-refractivity contribution in [2.45, 2.75) is 26.3 Å². The highest BCUT2D eigenvalue weighted by atomic mass is 16.1. The van der Waals surface area contributed by atoms with Gasteiger partial charge in [-0.3, -0.25) is 9.59 Å². The van der Waals surface area contributed by atoms with Crippen LogP contribution >= 0.6 is 0 Å². The van der Waals surface area contributed by atoms with Gasteiger partial charge in [-0.25, -0.2) is 0 Å². The number of ketones is 1. The lowest BCUT2D eigenvalue weighted by molar-refractivity contribution is 0.1000. The van der Waals surface area contributed by atoms with Gasteiger partial charge in [-0.1, -0.05) is 80.6 Å². The third-order valence-electron chi connectivity index (χ3n) is 6.38. The van der Waals surface area contributed by atoms with Crippen LogP contribution in [0.15, 0.2) is 84.9 Å². The van der Waals surface area contributed by atoms with Crippen LogP contribution in [0.5, 0.6) is 0 Å². The van der Waals surface area contributed by atoms with Crippen molar-refractivity contribution in [1.29, 1.82) is 0 Å². The minimum Gasteiger partial charge on any atom is -0.366 e. The van der Waals surface area contributed by atoms with Gasteiger partial charge in [0.25, 0.3) is 0 Å². The summed E-state index contributed by atoms with van der Waals surface area (Å²) in [6.07, 6.45) is 0. The van der Waals surface area contributed by atoms with E-state index in [-0.39, 0.29) is 5.78 Å². The van der Waals surface area contributed by atoms with E-state index in [0.29, 0.717) is 29.2 Å². The van der Waals surface area contributed by atoms with Crippen LogP contribution in [-0.4, -0.2) is 16.3 Å². The topological polar surface area (TPSA) is 65.1 Å². The van der Waals surface area contributed by atoms with Gasteiger partial charge in [0.1, 0.15) is 0 Å². The number of nitrogens with two attached hydrogens (primary N) is 1. The molecule has 0 unspecified atom stereocenters. The van der Waals surface area contributed by atoms with Gasteiger partial charge in [0.2, 0.25) is 5.91 Å². The van der Waals surface area contributed by atoms with Crippen molar-refractivity contribution in [1.82, 2.24) is 4.57 Å². The van der Waals surface area contributed by atoms with Crippen LogP contribution in [0.1, 0.15) is 57.2 Å². The molecule has 34 heavy (non-hydrogen) atoms. The minimum absolute atomic E-state index is 0.00998. The van der Waals surface area contributed by atoms with Crippen molar-refractivity contribution >= 4 is 33.5 Å². The number of fused-ring (bicyclic) bond motifs is 3. The summed E-state index contributed by atoms with van der Waals surface area (Å²) < 4.78 is 2.16. The van der Waals surface area contributed by atoms with Crippen LogP contribution in [0.3, 0.4) is 0 Å². The van der Waals surface area contributed by atoms with Crippen LogP contribution in [0.25, 0.3) is 21.8 Å². The van der Waals surface area contributed by atoms with E-state index in [1.807, 2.05) is 72.8 Å². The number of primary amides is 1. The molecule has 0 saturated carbocycles. The molecular formula is C30H25N2O2. The highest BCUT2D eigenvalue weighted by Crippen LogP contribution is 2.34. The molecule has 167 valence electrons. The van der Waals surface area contributed by atoms with Crippen LogP contribution < -0.4 is 5.73 Å². The van der Waals surface area contributed by atoms with E-state index >= 15 is 0 Å². The summed E-state index contributed by atoms with van der Waals surface area (Å²) in [6, 6.07) is 30.2. The summed E-state index contributed by atoms with van der Waals surface area (Å²) in [7, 11) is 0. The molecule has 4 heteroatoms. The summed E-state index contributed by atoms with van der Waals surface area (Å²) in [4.78, 5) is 25.6. The molecule has 0 fully saturated rings. The minimum atomic E-state index is -0.467. The van der Waals surface area contributed by atoms with Crippen molar-refractivity contribution in [2.24, 2.45) is 5.73 Å². The van der Waals surface area contributed by atoms with Crippen molar-refractivity contribution < 1.29 is 9.59 Å². The van der Waals surface area contributed by atoms with Gasteiger partial charge in [0.05, 0.1) is 11.0 Å².